The molecule has 1 fully saturated rings. The Kier molecular flexibility index (Phi) is 7.42. The summed E-state index contributed by atoms with van der Waals surface area (Å²) in [5, 5.41) is 9.27. The molecular weight excluding hydrogens is 457 g/mol. The van der Waals surface area contributed by atoms with Crippen molar-refractivity contribution < 1.29 is 17.9 Å². The van der Waals surface area contributed by atoms with Gasteiger partial charge in [-0.2, -0.15) is 23.4 Å². The Morgan fingerprint density at radius 3 is 2.55 bits per heavy atom. The molecule has 0 saturated heterocycles. The van der Waals surface area contributed by atoms with E-state index in [1.54, 1.807) is 12.1 Å². The number of pyridine rings is 1. The molecule has 1 saturated carbocycles. The molecule has 33 heavy (non-hydrogen) atoms. The lowest BCUT2D eigenvalue weighted by molar-refractivity contribution is -0.146. The summed E-state index contributed by atoms with van der Waals surface area (Å²) in [7, 11) is 1.21. The largest absolute Gasteiger partial charge is 0.477 e. The number of hydrogen-bond acceptors (Lipinski definition) is 6. The van der Waals surface area contributed by atoms with Gasteiger partial charge in [0.1, 0.15) is 17.3 Å². The van der Waals surface area contributed by atoms with Crippen LogP contribution in [0.15, 0.2) is 12.3 Å². The molecule has 176 valence electrons. The summed E-state index contributed by atoms with van der Waals surface area (Å²) in [6, 6.07) is 3.53. The average Bonchev–Trinajstić information content (AvgIpc) is 3.12. The van der Waals surface area contributed by atoms with Crippen molar-refractivity contribution in [3.05, 3.63) is 29.5 Å². The number of aryl methyl sites for hydroxylation is 2. The van der Waals surface area contributed by atoms with E-state index in [1.165, 1.54) is 45.3 Å². The zero-order valence-electron chi connectivity index (χ0n) is 18.3. The Labute approximate surface area is 195 Å². The van der Waals surface area contributed by atoms with Crippen molar-refractivity contribution >= 4 is 23.6 Å². The maximum absolute atomic E-state index is 13.3. The van der Waals surface area contributed by atoms with Gasteiger partial charge in [-0.05, 0) is 25.3 Å². The number of ether oxygens (including phenoxy) is 1. The number of hydrogen-bond donors (Lipinski definition) is 0. The lowest BCUT2D eigenvalue weighted by atomic mass is 9.87. The van der Waals surface area contributed by atoms with E-state index in [0.29, 0.717) is 24.0 Å². The Morgan fingerprint density at radius 1 is 1.18 bits per heavy atom. The van der Waals surface area contributed by atoms with Gasteiger partial charge < -0.3 is 9.30 Å². The smallest absolute Gasteiger partial charge is 0.449 e. The van der Waals surface area contributed by atoms with Crippen LogP contribution in [0.2, 0.25) is 0 Å². The number of fused-ring (bicyclic) bond motifs is 1. The van der Waals surface area contributed by atoms with Gasteiger partial charge in [0.2, 0.25) is 17.5 Å². The Bertz CT molecular complexity index is 1180. The normalized spacial score (nSPS) is 14.7. The maximum Gasteiger partial charge on any atom is 0.449 e. The molecule has 0 aliphatic heterocycles. The first-order valence-electron chi connectivity index (χ1n) is 10.6. The summed E-state index contributed by atoms with van der Waals surface area (Å²) < 4.78 is 46.7. The molecule has 0 atom stereocenters. The second kappa shape index (κ2) is 9.91. The molecule has 3 aromatic rings. The molecule has 0 aromatic carbocycles. The number of rotatable bonds is 5. The second-order valence-corrected chi connectivity index (χ2v) is 8.16. The number of halogens is 4. The van der Waals surface area contributed by atoms with E-state index in [0.717, 1.165) is 16.6 Å². The van der Waals surface area contributed by atoms with Gasteiger partial charge in [-0.3, -0.25) is 0 Å². The van der Waals surface area contributed by atoms with Crippen molar-refractivity contribution in [1.29, 1.82) is 5.26 Å². The lowest BCUT2D eigenvalue weighted by Gasteiger charge is -2.21. The number of alkyl halides is 3. The predicted octanol–water partition coefficient (Wildman–Crippen LogP) is 5.40. The first-order valence-corrected chi connectivity index (χ1v) is 10.6. The predicted molar refractivity (Wildman–Crippen MR) is 118 cm³/mol. The van der Waals surface area contributed by atoms with Gasteiger partial charge in [-0.25, -0.2) is 15.0 Å². The van der Waals surface area contributed by atoms with Gasteiger partial charge in [0.05, 0.1) is 6.61 Å². The van der Waals surface area contributed by atoms with Crippen LogP contribution in [0, 0.1) is 24.2 Å². The van der Waals surface area contributed by atoms with E-state index >= 15 is 0 Å². The third-order valence-corrected chi connectivity index (χ3v) is 5.87. The Morgan fingerprint density at radius 2 is 1.91 bits per heavy atom. The van der Waals surface area contributed by atoms with Crippen molar-refractivity contribution in [2.45, 2.75) is 51.6 Å². The van der Waals surface area contributed by atoms with Gasteiger partial charge in [0.15, 0.2) is 5.65 Å². The van der Waals surface area contributed by atoms with Crippen molar-refractivity contribution in [2.75, 3.05) is 6.61 Å². The summed E-state index contributed by atoms with van der Waals surface area (Å²) in [4.78, 5) is 16.1. The number of imidazole rings is 1. The molecule has 3 heterocycles. The van der Waals surface area contributed by atoms with Crippen molar-refractivity contribution in [3.63, 3.8) is 0 Å². The molecule has 1 aliphatic rings. The fourth-order valence-electron chi connectivity index (χ4n) is 4.21. The molecule has 0 N–H and O–H groups in total. The van der Waals surface area contributed by atoms with Gasteiger partial charge in [0.25, 0.3) is 0 Å². The number of aromatic nitrogens is 5. The van der Waals surface area contributed by atoms with E-state index in [-0.39, 0.29) is 35.1 Å². The first kappa shape index (κ1) is 24.7. The fraction of sp³-hybridized carbons (Fsp3) is 0.500. The molecule has 11 heteroatoms. The molecule has 7 nitrogen and oxygen atoms in total. The highest BCUT2D eigenvalue weighted by Gasteiger charge is 2.37. The number of nitriles is 1. The van der Waals surface area contributed by atoms with E-state index in [2.05, 4.69) is 19.9 Å². The molecule has 0 spiro atoms. The minimum atomic E-state index is -4.66. The standard InChI is InChI=1S/C22H23F3N6O.ClH/c1-13-10-15(12-27-20(13)32-9-8-14-6-4-3-5-7-14)17-18-19(29-16(11-26)28-17)31(2)21(30-18)22(23,24)25;/h10,12,14H,3-9H2,1-2H3;1H. The van der Waals surface area contributed by atoms with Crippen LogP contribution in [0.3, 0.4) is 0 Å². The van der Waals surface area contributed by atoms with Crippen LogP contribution in [0.1, 0.15) is 55.7 Å². The van der Waals surface area contributed by atoms with Crippen LogP contribution in [0.5, 0.6) is 5.88 Å². The summed E-state index contributed by atoms with van der Waals surface area (Å²) in [5.41, 5.74) is 1.19. The minimum absolute atomic E-state index is 0. The molecule has 0 bridgehead atoms. The van der Waals surface area contributed by atoms with Crippen LogP contribution < -0.4 is 4.74 Å². The molecule has 0 unspecified atom stereocenters. The summed E-state index contributed by atoms with van der Waals surface area (Å²) in [6.45, 7) is 2.39. The highest BCUT2D eigenvalue weighted by atomic mass is 35.5. The average molecular weight is 481 g/mol. The summed E-state index contributed by atoms with van der Waals surface area (Å²) >= 11 is 0. The van der Waals surface area contributed by atoms with Gasteiger partial charge in [-0.15, -0.1) is 12.4 Å². The number of nitrogens with zero attached hydrogens (tertiary/aromatic N) is 6. The Hall–Kier alpha value is -2.93. The monoisotopic (exact) mass is 480 g/mol. The third kappa shape index (κ3) is 5.19. The minimum Gasteiger partial charge on any atom is -0.477 e. The van der Waals surface area contributed by atoms with Crippen molar-refractivity contribution in [1.82, 2.24) is 24.5 Å². The third-order valence-electron chi connectivity index (χ3n) is 5.87. The van der Waals surface area contributed by atoms with Gasteiger partial charge >= 0.3 is 6.18 Å². The van der Waals surface area contributed by atoms with Crippen molar-refractivity contribution in [3.8, 4) is 23.2 Å². The van der Waals surface area contributed by atoms with Crippen LogP contribution in [-0.2, 0) is 13.2 Å². The quantitative estimate of drug-likeness (QED) is 0.486. The lowest BCUT2D eigenvalue weighted by Crippen LogP contribution is -2.12. The van der Waals surface area contributed by atoms with Crippen LogP contribution in [0.4, 0.5) is 13.2 Å². The topological polar surface area (TPSA) is 89.5 Å². The second-order valence-electron chi connectivity index (χ2n) is 8.16. The summed E-state index contributed by atoms with van der Waals surface area (Å²) in [5.74, 6) is -0.179. The zero-order valence-corrected chi connectivity index (χ0v) is 19.1. The molecule has 1 aliphatic carbocycles. The van der Waals surface area contributed by atoms with E-state index in [9.17, 15) is 18.4 Å². The molecule has 4 rings (SSSR count). The maximum atomic E-state index is 13.3. The van der Waals surface area contributed by atoms with Gasteiger partial charge in [0, 0.05) is 24.4 Å². The van der Waals surface area contributed by atoms with Crippen LogP contribution in [-0.4, -0.2) is 31.1 Å². The highest BCUT2D eigenvalue weighted by Crippen LogP contribution is 2.34. The van der Waals surface area contributed by atoms with Crippen LogP contribution >= 0.6 is 12.4 Å². The molecule has 0 radical (unpaired) electrons. The van der Waals surface area contributed by atoms with Crippen molar-refractivity contribution in [2.24, 2.45) is 13.0 Å². The first-order chi connectivity index (χ1) is 15.3. The van der Waals surface area contributed by atoms with E-state index in [1.807, 2.05) is 6.92 Å². The highest BCUT2D eigenvalue weighted by molar-refractivity contribution is 5.88. The molecular formula is C22H24ClF3N6O. The fourth-order valence-corrected chi connectivity index (χ4v) is 4.21. The molecule has 3 aromatic heterocycles. The van der Waals surface area contributed by atoms with Gasteiger partial charge in [-0.1, -0.05) is 32.1 Å². The Balaban J connectivity index is 0.00000306. The van der Waals surface area contributed by atoms with Crippen LogP contribution in [0.25, 0.3) is 22.4 Å². The zero-order chi connectivity index (χ0) is 22.9. The molecule has 0 amide bonds. The van der Waals surface area contributed by atoms with E-state index < -0.39 is 12.0 Å². The van der Waals surface area contributed by atoms with E-state index in [4.69, 9.17) is 4.74 Å². The SMILES string of the molecule is Cc1cc(-c2nc(C#N)nc3c2nc(C(F)(F)F)n3C)cnc1OCCC1CCCCC1.Cl. The summed E-state index contributed by atoms with van der Waals surface area (Å²) in [6.07, 6.45) is 4.14.